The summed E-state index contributed by atoms with van der Waals surface area (Å²) in [5, 5.41) is 15.9. The molecule has 1 amide bonds. The van der Waals surface area contributed by atoms with E-state index in [1.165, 1.54) is 10.7 Å². The molecule has 0 radical (unpaired) electrons. The third-order valence-electron chi connectivity index (χ3n) is 3.88. The number of carbonyl (C=O) groups excluding carboxylic acids is 1. The van der Waals surface area contributed by atoms with Crippen molar-refractivity contribution < 1.29 is 14.7 Å². The predicted octanol–water partition coefficient (Wildman–Crippen LogP) is 3.19. The van der Waals surface area contributed by atoms with Gasteiger partial charge in [-0.25, -0.2) is 9.48 Å². The van der Waals surface area contributed by atoms with E-state index in [-0.39, 0.29) is 17.5 Å². The zero-order chi connectivity index (χ0) is 17.0. The molecule has 2 N–H and O–H groups in total. The number of benzene rings is 1. The van der Waals surface area contributed by atoms with E-state index in [0.29, 0.717) is 23.7 Å². The second-order valence-corrected chi connectivity index (χ2v) is 5.94. The Balaban J connectivity index is 2.20. The second-order valence-electron chi connectivity index (χ2n) is 5.94. The summed E-state index contributed by atoms with van der Waals surface area (Å²) < 4.78 is 1.45. The monoisotopic (exact) mass is 315 g/mol. The van der Waals surface area contributed by atoms with Crippen molar-refractivity contribution >= 4 is 17.6 Å². The molecule has 122 valence electrons. The molecule has 0 aliphatic carbocycles. The molecule has 0 saturated heterocycles. The fraction of sp³-hybridized carbons (Fsp3) is 0.353. The van der Waals surface area contributed by atoms with E-state index >= 15 is 0 Å². The summed E-state index contributed by atoms with van der Waals surface area (Å²) >= 11 is 0. The van der Waals surface area contributed by atoms with Crippen LogP contribution in [0.3, 0.4) is 0 Å². The van der Waals surface area contributed by atoms with Crippen molar-refractivity contribution in [2.45, 2.75) is 27.2 Å². The van der Waals surface area contributed by atoms with Crippen molar-refractivity contribution in [1.29, 1.82) is 0 Å². The van der Waals surface area contributed by atoms with E-state index in [1.807, 2.05) is 19.1 Å². The number of para-hydroxylation sites is 2. The molecule has 1 unspecified atom stereocenters. The maximum absolute atomic E-state index is 12.2. The molecule has 0 saturated carbocycles. The van der Waals surface area contributed by atoms with E-state index in [0.717, 1.165) is 0 Å². The van der Waals surface area contributed by atoms with Gasteiger partial charge in [0.25, 0.3) is 0 Å². The number of aromatic carboxylic acids is 1. The smallest absolute Gasteiger partial charge is 0.356 e. The topological polar surface area (TPSA) is 84.2 Å². The standard InChI is InChI=1S/C17H21N3O3/c1-11(2)12(3)10-16(21)18-13-6-4-5-7-15(13)20-9-8-14(19-20)17(22)23/h4-9,11-12H,10H2,1-3H3,(H,18,21)(H,22,23). The molecule has 0 bridgehead atoms. The lowest BCUT2D eigenvalue weighted by molar-refractivity contribution is -0.117. The van der Waals surface area contributed by atoms with Crippen molar-refractivity contribution in [1.82, 2.24) is 9.78 Å². The van der Waals surface area contributed by atoms with E-state index in [2.05, 4.69) is 24.3 Å². The summed E-state index contributed by atoms with van der Waals surface area (Å²) in [6, 6.07) is 8.59. The van der Waals surface area contributed by atoms with Gasteiger partial charge in [-0.2, -0.15) is 5.10 Å². The van der Waals surface area contributed by atoms with E-state index < -0.39 is 5.97 Å². The minimum Gasteiger partial charge on any atom is -0.476 e. The highest BCUT2D eigenvalue weighted by molar-refractivity contribution is 5.93. The lowest BCUT2D eigenvalue weighted by atomic mass is 9.94. The summed E-state index contributed by atoms with van der Waals surface area (Å²) in [5.74, 6) is -0.439. The summed E-state index contributed by atoms with van der Waals surface area (Å²) in [6.07, 6.45) is 2.00. The van der Waals surface area contributed by atoms with Crippen molar-refractivity contribution in [2.24, 2.45) is 11.8 Å². The highest BCUT2D eigenvalue weighted by atomic mass is 16.4. The number of anilines is 1. The molecule has 1 aromatic carbocycles. The Kier molecular flexibility index (Phi) is 5.16. The normalized spacial score (nSPS) is 12.2. The first-order valence-corrected chi connectivity index (χ1v) is 7.56. The van der Waals surface area contributed by atoms with Gasteiger partial charge in [0.05, 0.1) is 11.4 Å². The van der Waals surface area contributed by atoms with Crippen LogP contribution in [0.4, 0.5) is 5.69 Å². The van der Waals surface area contributed by atoms with Gasteiger partial charge in [0.1, 0.15) is 0 Å². The Labute approximate surface area is 135 Å². The number of carboxylic acids is 1. The van der Waals surface area contributed by atoms with Gasteiger partial charge in [0.15, 0.2) is 5.69 Å². The average Bonchev–Trinajstić information content (AvgIpc) is 2.97. The van der Waals surface area contributed by atoms with Crippen LogP contribution in [0.2, 0.25) is 0 Å². The van der Waals surface area contributed by atoms with Gasteiger partial charge in [0.2, 0.25) is 5.91 Å². The largest absolute Gasteiger partial charge is 0.476 e. The molecule has 0 spiro atoms. The first-order chi connectivity index (χ1) is 10.9. The molecule has 0 aliphatic heterocycles. The number of hydrogen-bond acceptors (Lipinski definition) is 3. The van der Waals surface area contributed by atoms with E-state index in [4.69, 9.17) is 5.11 Å². The number of aromatic nitrogens is 2. The molecule has 1 aromatic heterocycles. The molecule has 6 heteroatoms. The summed E-state index contributed by atoms with van der Waals surface area (Å²) in [5.41, 5.74) is 1.19. The van der Waals surface area contributed by atoms with Crippen molar-refractivity contribution in [3.8, 4) is 5.69 Å². The maximum atomic E-state index is 12.2. The second kappa shape index (κ2) is 7.09. The number of carbonyl (C=O) groups is 2. The van der Waals surface area contributed by atoms with Crippen LogP contribution >= 0.6 is 0 Å². The van der Waals surface area contributed by atoms with Gasteiger partial charge in [-0.1, -0.05) is 32.9 Å². The molecule has 2 rings (SSSR count). The number of amides is 1. The van der Waals surface area contributed by atoms with Crippen molar-refractivity contribution in [3.05, 3.63) is 42.2 Å². The van der Waals surface area contributed by atoms with Gasteiger partial charge >= 0.3 is 5.97 Å². The van der Waals surface area contributed by atoms with Crippen LogP contribution < -0.4 is 5.32 Å². The van der Waals surface area contributed by atoms with Crippen LogP contribution in [0.15, 0.2) is 36.5 Å². The highest BCUT2D eigenvalue weighted by Gasteiger charge is 2.15. The molecule has 6 nitrogen and oxygen atoms in total. The zero-order valence-electron chi connectivity index (χ0n) is 13.5. The SMILES string of the molecule is CC(C)C(C)CC(=O)Nc1ccccc1-n1ccc(C(=O)O)n1. The van der Waals surface area contributed by atoms with Crippen LogP contribution in [0.1, 0.15) is 37.7 Å². The molecule has 0 fully saturated rings. The van der Waals surface area contributed by atoms with E-state index in [1.54, 1.807) is 18.3 Å². The minimum absolute atomic E-state index is 0.0421. The zero-order valence-corrected chi connectivity index (χ0v) is 13.5. The molecule has 1 atom stereocenters. The molecular weight excluding hydrogens is 294 g/mol. The maximum Gasteiger partial charge on any atom is 0.356 e. The highest BCUT2D eigenvalue weighted by Crippen LogP contribution is 2.21. The Hall–Kier alpha value is -2.63. The lowest BCUT2D eigenvalue weighted by Crippen LogP contribution is -2.19. The first kappa shape index (κ1) is 16.7. The Bertz CT molecular complexity index is 707. The van der Waals surface area contributed by atoms with Gasteiger partial charge in [-0.15, -0.1) is 0 Å². The van der Waals surface area contributed by atoms with Gasteiger partial charge in [-0.3, -0.25) is 4.79 Å². The number of carboxylic acid groups (broad SMARTS) is 1. The third-order valence-corrected chi connectivity index (χ3v) is 3.88. The molecule has 2 aromatic rings. The average molecular weight is 315 g/mol. The lowest BCUT2D eigenvalue weighted by Gasteiger charge is -2.16. The number of nitrogens with one attached hydrogen (secondary N) is 1. The van der Waals surface area contributed by atoms with E-state index in [9.17, 15) is 9.59 Å². The van der Waals surface area contributed by atoms with Gasteiger partial charge in [-0.05, 0) is 30.0 Å². The Morgan fingerprint density at radius 1 is 1.22 bits per heavy atom. The molecule has 23 heavy (non-hydrogen) atoms. The van der Waals surface area contributed by atoms with Crippen molar-refractivity contribution in [2.75, 3.05) is 5.32 Å². The van der Waals surface area contributed by atoms with Gasteiger partial charge in [0, 0.05) is 12.6 Å². The van der Waals surface area contributed by atoms with Crippen molar-refractivity contribution in [3.63, 3.8) is 0 Å². The van der Waals surface area contributed by atoms with Crippen LogP contribution in [-0.4, -0.2) is 26.8 Å². The Morgan fingerprint density at radius 2 is 1.91 bits per heavy atom. The Morgan fingerprint density at radius 3 is 2.52 bits per heavy atom. The number of hydrogen-bond donors (Lipinski definition) is 2. The number of nitrogens with zero attached hydrogens (tertiary/aromatic N) is 2. The minimum atomic E-state index is -1.09. The predicted molar refractivity (Wildman–Crippen MR) is 87.8 cm³/mol. The quantitative estimate of drug-likeness (QED) is 0.857. The fourth-order valence-corrected chi connectivity index (χ4v) is 2.08. The van der Waals surface area contributed by atoms with Crippen LogP contribution in [-0.2, 0) is 4.79 Å². The van der Waals surface area contributed by atoms with Crippen LogP contribution in [0, 0.1) is 11.8 Å². The molecular formula is C17H21N3O3. The third kappa shape index (κ3) is 4.18. The number of rotatable bonds is 6. The summed E-state index contributed by atoms with van der Waals surface area (Å²) in [6.45, 7) is 6.22. The molecule has 1 heterocycles. The molecule has 0 aliphatic rings. The van der Waals surface area contributed by atoms with Crippen LogP contribution in [0.5, 0.6) is 0 Å². The summed E-state index contributed by atoms with van der Waals surface area (Å²) in [7, 11) is 0. The van der Waals surface area contributed by atoms with Gasteiger partial charge < -0.3 is 10.4 Å². The summed E-state index contributed by atoms with van der Waals surface area (Å²) in [4.78, 5) is 23.1. The van der Waals surface area contributed by atoms with Crippen LogP contribution in [0.25, 0.3) is 5.69 Å². The fourth-order valence-electron chi connectivity index (χ4n) is 2.08. The first-order valence-electron chi connectivity index (χ1n) is 7.56.